The molecule has 1 saturated heterocycles. The molecule has 1 aromatic carbocycles. The van der Waals surface area contributed by atoms with Gasteiger partial charge in [0.05, 0.1) is 5.56 Å². The van der Waals surface area contributed by atoms with Gasteiger partial charge in [-0.25, -0.2) is 0 Å². The third kappa shape index (κ3) is 4.61. The topological polar surface area (TPSA) is 15.3 Å². The molecule has 0 radical (unpaired) electrons. The number of hydrogen-bond donors (Lipinski definition) is 1. The highest BCUT2D eigenvalue weighted by molar-refractivity contribution is 6.30. The number of halogens is 4. The third-order valence-electron chi connectivity index (χ3n) is 4.06. The van der Waals surface area contributed by atoms with Crippen molar-refractivity contribution in [3.63, 3.8) is 0 Å². The van der Waals surface area contributed by atoms with Crippen LogP contribution in [0.3, 0.4) is 0 Å². The highest BCUT2D eigenvalue weighted by atomic mass is 35.5. The lowest BCUT2D eigenvalue weighted by Gasteiger charge is -2.35. The Morgan fingerprint density at radius 1 is 1.23 bits per heavy atom. The van der Waals surface area contributed by atoms with Crippen LogP contribution < -0.4 is 5.32 Å². The summed E-state index contributed by atoms with van der Waals surface area (Å²) in [5.41, 5.74) is 0.0156. The van der Waals surface area contributed by atoms with Gasteiger partial charge in [0.25, 0.3) is 0 Å². The average Bonchev–Trinajstić information content (AvgIpc) is 2.47. The largest absolute Gasteiger partial charge is 0.416 e. The molecule has 1 aromatic rings. The van der Waals surface area contributed by atoms with E-state index in [9.17, 15) is 13.2 Å². The second-order valence-electron chi connectivity index (χ2n) is 5.71. The molecule has 0 unspecified atom stereocenters. The Morgan fingerprint density at radius 3 is 2.50 bits per heavy atom. The van der Waals surface area contributed by atoms with Gasteiger partial charge in [-0.05, 0) is 30.2 Å². The fourth-order valence-electron chi connectivity index (χ4n) is 2.92. The third-order valence-corrected chi connectivity index (χ3v) is 4.27. The first-order chi connectivity index (χ1) is 10.4. The molecule has 1 fully saturated rings. The summed E-state index contributed by atoms with van der Waals surface area (Å²) < 4.78 is 39.1. The Balaban J connectivity index is 2.31. The molecular weight excluding hydrogens is 313 g/mol. The first-order valence-electron chi connectivity index (χ1n) is 7.74. The number of nitrogens with one attached hydrogen (secondary N) is 1. The lowest BCUT2D eigenvalue weighted by molar-refractivity contribution is -0.137. The fourth-order valence-corrected chi connectivity index (χ4v) is 3.16. The fraction of sp³-hybridized carbons (Fsp3) is 0.625. The molecule has 6 heteroatoms. The van der Waals surface area contributed by atoms with Gasteiger partial charge in [-0.3, -0.25) is 4.90 Å². The highest BCUT2D eigenvalue weighted by Gasteiger charge is 2.32. The minimum absolute atomic E-state index is 0.00171. The van der Waals surface area contributed by atoms with Crippen LogP contribution in [0.2, 0.25) is 5.02 Å². The number of rotatable bonds is 5. The second kappa shape index (κ2) is 7.66. The molecule has 2 nitrogen and oxygen atoms in total. The van der Waals surface area contributed by atoms with E-state index in [1.807, 2.05) is 0 Å². The van der Waals surface area contributed by atoms with Crippen LogP contribution in [-0.2, 0) is 6.18 Å². The van der Waals surface area contributed by atoms with E-state index in [0.717, 1.165) is 51.5 Å². The van der Waals surface area contributed by atoms with Gasteiger partial charge >= 0.3 is 6.18 Å². The average molecular weight is 335 g/mol. The van der Waals surface area contributed by atoms with Gasteiger partial charge in [-0.1, -0.05) is 31.4 Å². The van der Waals surface area contributed by atoms with Crippen molar-refractivity contribution >= 4 is 11.6 Å². The standard InChI is InChI=1S/C16H22ClF3N2/c1-2-3-4-15(22-7-5-21-6-8-22)12-9-13(16(18,19)20)11-14(17)10-12/h9-11,15,21H,2-8H2,1H3/t15-/m0/s1. The normalized spacial score (nSPS) is 18.4. The molecular formula is C16H22ClF3N2. The molecule has 1 aliphatic rings. The molecule has 1 aliphatic heterocycles. The monoisotopic (exact) mass is 334 g/mol. The van der Waals surface area contributed by atoms with Crippen LogP contribution in [0.25, 0.3) is 0 Å². The smallest absolute Gasteiger partial charge is 0.314 e. The summed E-state index contributed by atoms with van der Waals surface area (Å²) in [6.45, 7) is 5.53. The lowest BCUT2D eigenvalue weighted by atomic mass is 9.97. The van der Waals surface area contributed by atoms with Gasteiger partial charge in [-0.15, -0.1) is 0 Å². The van der Waals surface area contributed by atoms with Gasteiger partial charge in [0, 0.05) is 37.2 Å². The first kappa shape index (κ1) is 17.6. The molecule has 0 saturated carbocycles. The Bertz CT molecular complexity index is 485. The first-order valence-corrected chi connectivity index (χ1v) is 8.12. The summed E-state index contributed by atoms with van der Waals surface area (Å²) in [6, 6.07) is 3.94. The SMILES string of the molecule is CCCC[C@@H](c1cc(Cl)cc(C(F)(F)F)c1)N1CCNCC1. The molecule has 22 heavy (non-hydrogen) atoms. The van der Waals surface area contributed by atoms with Gasteiger partial charge in [0.1, 0.15) is 0 Å². The van der Waals surface area contributed by atoms with Crippen LogP contribution in [0.4, 0.5) is 13.2 Å². The summed E-state index contributed by atoms with van der Waals surface area (Å²) in [4.78, 5) is 2.26. The Labute approximate surface area is 134 Å². The van der Waals surface area contributed by atoms with Crippen LogP contribution in [0.1, 0.15) is 43.4 Å². The van der Waals surface area contributed by atoms with Crippen molar-refractivity contribution in [2.24, 2.45) is 0 Å². The number of benzene rings is 1. The Kier molecular flexibility index (Phi) is 6.12. The quantitative estimate of drug-likeness (QED) is 0.853. The zero-order valence-electron chi connectivity index (χ0n) is 12.7. The number of nitrogens with zero attached hydrogens (tertiary/aromatic N) is 1. The summed E-state index contributed by atoms with van der Waals surface area (Å²) in [6.07, 6.45) is -1.50. The van der Waals surface area contributed by atoms with E-state index in [1.165, 1.54) is 6.07 Å². The lowest BCUT2D eigenvalue weighted by Crippen LogP contribution is -2.45. The van der Waals surface area contributed by atoms with Crippen molar-refractivity contribution in [2.45, 2.75) is 38.4 Å². The van der Waals surface area contributed by atoms with Crippen LogP contribution in [0.15, 0.2) is 18.2 Å². The summed E-state index contributed by atoms with van der Waals surface area (Å²) in [5, 5.41) is 3.43. The van der Waals surface area contributed by atoms with E-state index >= 15 is 0 Å². The van der Waals surface area contributed by atoms with E-state index in [-0.39, 0.29) is 11.1 Å². The molecule has 0 aliphatic carbocycles. The van der Waals surface area contributed by atoms with E-state index in [0.29, 0.717) is 5.56 Å². The number of hydrogen-bond acceptors (Lipinski definition) is 2. The predicted molar refractivity (Wildman–Crippen MR) is 83.2 cm³/mol. The molecule has 1 atom stereocenters. The molecule has 0 bridgehead atoms. The van der Waals surface area contributed by atoms with Crippen molar-refractivity contribution in [1.29, 1.82) is 0 Å². The van der Waals surface area contributed by atoms with E-state index in [1.54, 1.807) is 6.07 Å². The van der Waals surface area contributed by atoms with Crippen molar-refractivity contribution < 1.29 is 13.2 Å². The van der Waals surface area contributed by atoms with Crippen molar-refractivity contribution in [3.8, 4) is 0 Å². The molecule has 124 valence electrons. The number of alkyl halides is 3. The maximum atomic E-state index is 13.0. The van der Waals surface area contributed by atoms with Gasteiger partial charge in [0.2, 0.25) is 0 Å². The molecule has 0 amide bonds. The zero-order valence-corrected chi connectivity index (χ0v) is 13.5. The van der Waals surface area contributed by atoms with E-state index in [2.05, 4.69) is 17.1 Å². The maximum Gasteiger partial charge on any atom is 0.416 e. The minimum atomic E-state index is -4.36. The second-order valence-corrected chi connectivity index (χ2v) is 6.15. The molecule has 2 rings (SSSR count). The highest BCUT2D eigenvalue weighted by Crippen LogP contribution is 2.36. The number of unbranched alkanes of at least 4 members (excludes halogenated alkanes) is 1. The van der Waals surface area contributed by atoms with Gasteiger partial charge < -0.3 is 5.32 Å². The predicted octanol–water partition coefficient (Wildman–Crippen LogP) is 4.50. The van der Waals surface area contributed by atoms with E-state index < -0.39 is 11.7 Å². The van der Waals surface area contributed by atoms with E-state index in [4.69, 9.17) is 11.6 Å². The summed E-state index contributed by atoms with van der Waals surface area (Å²) in [5.74, 6) is 0. The molecule has 1 N–H and O–H groups in total. The minimum Gasteiger partial charge on any atom is -0.314 e. The molecule has 0 spiro atoms. The maximum absolute atomic E-state index is 13.0. The van der Waals surface area contributed by atoms with Crippen molar-refractivity contribution in [3.05, 3.63) is 34.3 Å². The summed E-state index contributed by atoms with van der Waals surface area (Å²) in [7, 11) is 0. The van der Waals surface area contributed by atoms with Gasteiger partial charge in [-0.2, -0.15) is 13.2 Å². The van der Waals surface area contributed by atoms with Crippen molar-refractivity contribution in [1.82, 2.24) is 10.2 Å². The van der Waals surface area contributed by atoms with Crippen LogP contribution in [0.5, 0.6) is 0 Å². The Hall–Kier alpha value is -0.780. The van der Waals surface area contributed by atoms with Crippen LogP contribution >= 0.6 is 11.6 Å². The number of piperazine rings is 1. The Morgan fingerprint density at radius 2 is 1.91 bits per heavy atom. The van der Waals surface area contributed by atoms with Crippen LogP contribution in [-0.4, -0.2) is 31.1 Å². The molecule has 0 aromatic heterocycles. The van der Waals surface area contributed by atoms with Gasteiger partial charge in [0.15, 0.2) is 0 Å². The van der Waals surface area contributed by atoms with Crippen LogP contribution in [0, 0.1) is 0 Å². The van der Waals surface area contributed by atoms with Crippen molar-refractivity contribution in [2.75, 3.05) is 26.2 Å². The zero-order chi connectivity index (χ0) is 16.2. The molecule has 1 heterocycles. The summed E-state index contributed by atoms with van der Waals surface area (Å²) >= 11 is 5.94.